The lowest BCUT2D eigenvalue weighted by molar-refractivity contribution is 0.309. The van der Waals surface area contributed by atoms with Gasteiger partial charge in [0.15, 0.2) is 11.6 Å². The van der Waals surface area contributed by atoms with Crippen LogP contribution in [0.4, 0.5) is 15.8 Å². The highest BCUT2D eigenvalue weighted by molar-refractivity contribution is 6.32. The van der Waals surface area contributed by atoms with E-state index in [0.717, 1.165) is 41.6 Å². The molecule has 0 aliphatic carbocycles. The van der Waals surface area contributed by atoms with Gasteiger partial charge >= 0.3 is 0 Å². The number of piperidine rings is 1. The lowest BCUT2D eigenvalue weighted by Crippen LogP contribution is -2.34. The van der Waals surface area contributed by atoms with Crippen LogP contribution in [0.1, 0.15) is 31.0 Å². The summed E-state index contributed by atoms with van der Waals surface area (Å²) in [4.78, 5) is 13.9. The molecule has 0 unspecified atom stereocenters. The van der Waals surface area contributed by atoms with E-state index in [1.54, 1.807) is 12.1 Å². The summed E-state index contributed by atoms with van der Waals surface area (Å²) in [5, 5.41) is 0.273. The van der Waals surface area contributed by atoms with Crippen LogP contribution >= 0.6 is 11.6 Å². The summed E-state index contributed by atoms with van der Waals surface area (Å²) in [6, 6.07) is 8.62. The van der Waals surface area contributed by atoms with Gasteiger partial charge in [-0.2, -0.15) is 0 Å². The second-order valence-electron chi connectivity index (χ2n) is 9.12. The van der Waals surface area contributed by atoms with Crippen molar-refractivity contribution >= 4 is 23.0 Å². The number of rotatable bonds is 7. The standard InChI is InChI=1S/C27H32ClFN4O/c1-18-10-12-33(13-11-18)26-19(2)20(3)30-17-22(26)25-9-8-21(16-31-25)32(4)14-15-34-27-23(28)6-5-7-24(27)29/h5-9,16-18H,10-15H2,1-4H3. The molecule has 5 nitrogen and oxygen atoms in total. The number of halogens is 2. The average molecular weight is 483 g/mol. The van der Waals surface area contributed by atoms with Crippen molar-refractivity contribution in [2.45, 2.75) is 33.6 Å². The molecular weight excluding hydrogens is 451 g/mol. The van der Waals surface area contributed by atoms with Gasteiger partial charge in [0.1, 0.15) is 6.61 Å². The van der Waals surface area contributed by atoms with E-state index < -0.39 is 5.82 Å². The third-order valence-electron chi connectivity index (χ3n) is 6.70. The number of benzene rings is 1. The topological polar surface area (TPSA) is 41.5 Å². The molecule has 0 spiro atoms. The highest BCUT2D eigenvalue weighted by Gasteiger charge is 2.22. The summed E-state index contributed by atoms with van der Waals surface area (Å²) >= 11 is 6.04. The number of hydrogen-bond acceptors (Lipinski definition) is 5. The largest absolute Gasteiger partial charge is 0.487 e. The number of likely N-dealkylation sites (N-methyl/N-ethyl adjacent to an activating group) is 1. The van der Waals surface area contributed by atoms with Crippen molar-refractivity contribution in [2.75, 3.05) is 43.1 Å². The van der Waals surface area contributed by atoms with Crippen LogP contribution in [0.15, 0.2) is 42.7 Å². The number of pyridine rings is 2. The third kappa shape index (κ3) is 5.27. The normalized spacial score (nSPS) is 14.4. The maximum Gasteiger partial charge on any atom is 0.173 e. The molecule has 0 bridgehead atoms. The molecule has 3 heterocycles. The van der Waals surface area contributed by atoms with Gasteiger partial charge in [0.2, 0.25) is 0 Å². The van der Waals surface area contributed by atoms with Crippen LogP contribution in [0.25, 0.3) is 11.3 Å². The number of para-hydroxylation sites is 1. The maximum atomic E-state index is 13.9. The van der Waals surface area contributed by atoms with E-state index in [2.05, 4.69) is 36.7 Å². The van der Waals surface area contributed by atoms with Crippen LogP contribution < -0.4 is 14.5 Å². The van der Waals surface area contributed by atoms with E-state index in [1.165, 1.54) is 30.2 Å². The van der Waals surface area contributed by atoms with Crippen LogP contribution in [-0.2, 0) is 0 Å². The number of hydrogen-bond donors (Lipinski definition) is 0. The SMILES string of the molecule is Cc1ncc(-c2ccc(N(C)CCOc3c(F)cccc3Cl)cn2)c(N2CCC(C)CC2)c1C. The third-order valence-corrected chi connectivity index (χ3v) is 6.99. The van der Waals surface area contributed by atoms with Crippen LogP contribution in [-0.4, -0.2) is 43.3 Å². The first kappa shape index (κ1) is 24.3. The van der Waals surface area contributed by atoms with Crippen LogP contribution in [0, 0.1) is 25.6 Å². The fraction of sp³-hybridized carbons (Fsp3) is 0.407. The van der Waals surface area contributed by atoms with E-state index >= 15 is 0 Å². The zero-order chi connectivity index (χ0) is 24.2. The van der Waals surface area contributed by atoms with Crippen LogP contribution in [0.5, 0.6) is 5.75 Å². The Kier molecular flexibility index (Phi) is 7.57. The molecule has 0 amide bonds. The molecule has 4 rings (SSSR count). The average Bonchev–Trinajstić information content (AvgIpc) is 2.83. The summed E-state index contributed by atoms with van der Waals surface area (Å²) in [5.74, 6) is 0.407. The predicted molar refractivity (Wildman–Crippen MR) is 138 cm³/mol. The molecule has 3 aromatic rings. The molecule has 1 aromatic carbocycles. The van der Waals surface area contributed by atoms with Gasteiger partial charge in [0, 0.05) is 37.6 Å². The van der Waals surface area contributed by atoms with Crippen molar-refractivity contribution in [1.29, 1.82) is 0 Å². The molecule has 7 heteroatoms. The fourth-order valence-electron chi connectivity index (χ4n) is 4.33. The van der Waals surface area contributed by atoms with Gasteiger partial charge in [0.25, 0.3) is 0 Å². The molecule has 0 atom stereocenters. The molecule has 180 valence electrons. The summed E-state index contributed by atoms with van der Waals surface area (Å²) in [5.41, 5.74) is 6.48. The van der Waals surface area contributed by atoms with Crippen molar-refractivity contribution in [2.24, 2.45) is 5.92 Å². The molecule has 1 aliphatic rings. The van der Waals surface area contributed by atoms with Gasteiger partial charge < -0.3 is 14.5 Å². The van der Waals surface area contributed by atoms with E-state index in [9.17, 15) is 4.39 Å². The Labute approximate surface area is 206 Å². The Bertz CT molecular complexity index is 1110. The Morgan fingerprint density at radius 2 is 1.88 bits per heavy atom. The van der Waals surface area contributed by atoms with Gasteiger partial charge in [-0.3, -0.25) is 9.97 Å². The zero-order valence-electron chi connectivity index (χ0n) is 20.3. The molecule has 34 heavy (non-hydrogen) atoms. The zero-order valence-corrected chi connectivity index (χ0v) is 21.1. The molecule has 1 saturated heterocycles. The quantitative estimate of drug-likeness (QED) is 0.395. The van der Waals surface area contributed by atoms with Crippen molar-refractivity contribution in [3.05, 3.63) is 64.8 Å². The van der Waals surface area contributed by atoms with Crippen molar-refractivity contribution < 1.29 is 9.13 Å². The smallest absolute Gasteiger partial charge is 0.173 e. The first-order valence-electron chi connectivity index (χ1n) is 11.8. The maximum absolute atomic E-state index is 13.9. The van der Waals surface area contributed by atoms with Crippen LogP contribution in [0.2, 0.25) is 5.02 Å². The summed E-state index contributed by atoms with van der Waals surface area (Å²) in [7, 11) is 1.96. The monoisotopic (exact) mass is 482 g/mol. The lowest BCUT2D eigenvalue weighted by atomic mass is 9.96. The fourth-order valence-corrected chi connectivity index (χ4v) is 4.54. The van der Waals surface area contributed by atoms with Gasteiger partial charge in [-0.15, -0.1) is 0 Å². The molecule has 1 aliphatic heterocycles. The van der Waals surface area contributed by atoms with E-state index in [1.807, 2.05) is 30.4 Å². The number of aromatic nitrogens is 2. The highest BCUT2D eigenvalue weighted by atomic mass is 35.5. The molecule has 0 N–H and O–H groups in total. The van der Waals surface area contributed by atoms with Crippen LogP contribution in [0.3, 0.4) is 0 Å². The van der Waals surface area contributed by atoms with Crippen molar-refractivity contribution in [3.8, 4) is 17.0 Å². The molecule has 0 radical (unpaired) electrons. The van der Waals surface area contributed by atoms with Crippen molar-refractivity contribution in [1.82, 2.24) is 9.97 Å². The van der Waals surface area contributed by atoms with Gasteiger partial charge in [-0.05, 0) is 62.4 Å². The second-order valence-corrected chi connectivity index (χ2v) is 9.53. The van der Waals surface area contributed by atoms with Gasteiger partial charge in [-0.25, -0.2) is 4.39 Å². The highest BCUT2D eigenvalue weighted by Crippen LogP contribution is 2.36. The van der Waals surface area contributed by atoms with Gasteiger partial charge in [0.05, 0.1) is 34.8 Å². The predicted octanol–water partition coefficient (Wildman–Crippen LogP) is 6.30. The summed E-state index contributed by atoms with van der Waals surface area (Å²) < 4.78 is 19.5. The molecule has 2 aromatic heterocycles. The second kappa shape index (κ2) is 10.6. The first-order chi connectivity index (χ1) is 16.3. The number of aryl methyl sites for hydroxylation is 1. The number of nitrogens with zero attached hydrogens (tertiary/aromatic N) is 4. The van der Waals surface area contributed by atoms with Crippen molar-refractivity contribution in [3.63, 3.8) is 0 Å². The molecular formula is C27H32ClFN4O. The minimum Gasteiger partial charge on any atom is -0.487 e. The first-order valence-corrected chi connectivity index (χ1v) is 12.2. The Morgan fingerprint density at radius 1 is 1.12 bits per heavy atom. The summed E-state index contributed by atoms with van der Waals surface area (Å²) in [6.07, 6.45) is 6.23. The minimum atomic E-state index is -0.456. The van der Waals surface area contributed by atoms with E-state index in [-0.39, 0.29) is 10.8 Å². The number of ether oxygens (including phenoxy) is 1. The van der Waals surface area contributed by atoms with E-state index in [4.69, 9.17) is 21.3 Å². The summed E-state index contributed by atoms with van der Waals surface area (Å²) in [6.45, 7) is 9.54. The lowest BCUT2D eigenvalue weighted by Gasteiger charge is -2.34. The Morgan fingerprint density at radius 3 is 2.56 bits per heavy atom. The molecule has 0 saturated carbocycles. The van der Waals surface area contributed by atoms with E-state index in [0.29, 0.717) is 13.2 Å². The minimum absolute atomic E-state index is 0.0907. The molecule has 1 fully saturated rings. The van der Waals surface area contributed by atoms with Gasteiger partial charge in [-0.1, -0.05) is 24.6 Å². The number of anilines is 2. The Hall–Kier alpha value is -2.86. The Balaban J connectivity index is 1.47.